The molecule has 5 nitrogen and oxygen atoms in total. The molecule has 0 atom stereocenters. The van der Waals surface area contributed by atoms with Gasteiger partial charge in [-0.2, -0.15) is 0 Å². The minimum atomic E-state index is -0.157. The zero-order chi connectivity index (χ0) is 20.5. The van der Waals surface area contributed by atoms with Crippen LogP contribution in [0.4, 0.5) is 5.69 Å². The predicted octanol–water partition coefficient (Wildman–Crippen LogP) is 4.11. The van der Waals surface area contributed by atoms with Gasteiger partial charge in [0.05, 0.1) is 11.2 Å². The summed E-state index contributed by atoms with van der Waals surface area (Å²) in [5.74, 6) is -0.0705. The van der Waals surface area contributed by atoms with Gasteiger partial charge in [-0.1, -0.05) is 42.8 Å². The van der Waals surface area contributed by atoms with E-state index in [1.54, 1.807) is 4.90 Å². The maximum absolute atomic E-state index is 13.2. The summed E-state index contributed by atoms with van der Waals surface area (Å²) in [6.07, 6.45) is 2.36. The number of hydrogen-bond acceptors (Lipinski definition) is 2. The Morgan fingerprint density at radius 1 is 1.10 bits per heavy atom. The lowest BCUT2D eigenvalue weighted by Gasteiger charge is -2.18. The van der Waals surface area contributed by atoms with Crippen LogP contribution in [0.5, 0.6) is 0 Å². The highest BCUT2D eigenvalue weighted by molar-refractivity contribution is 6.14. The van der Waals surface area contributed by atoms with Crippen LogP contribution in [0.25, 0.3) is 10.9 Å². The second kappa shape index (κ2) is 7.74. The molecule has 1 aliphatic heterocycles. The van der Waals surface area contributed by atoms with Crippen molar-refractivity contribution in [2.24, 2.45) is 7.05 Å². The maximum atomic E-state index is 13.2. The Morgan fingerprint density at radius 2 is 1.83 bits per heavy atom. The third kappa shape index (κ3) is 3.53. The zero-order valence-corrected chi connectivity index (χ0v) is 17.3. The van der Waals surface area contributed by atoms with Crippen LogP contribution < -0.4 is 10.2 Å². The van der Waals surface area contributed by atoms with Gasteiger partial charge in [0, 0.05) is 31.9 Å². The Balaban J connectivity index is 1.70. The van der Waals surface area contributed by atoms with E-state index in [2.05, 4.69) is 42.6 Å². The normalized spacial score (nSPS) is 14.0. The lowest BCUT2D eigenvalue weighted by molar-refractivity contribution is -0.117. The zero-order valence-electron chi connectivity index (χ0n) is 17.3. The Bertz CT molecular complexity index is 1080. The van der Waals surface area contributed by atoms with Gasteiger partial charge in [-0.15, -0.1) is 0 Å². The first-order valence-corrected chi connectivity index (χ1v) is 10.2. The molecule has 150 valence electrons. The first kappa shape index (κ1) is 19.2. The van der Waals surface area contributed by atoms with Gasteiger partial charge in [0.15, 0.2) is 0 Å². The number of nitrogens with one attached hydrogen (secondary N) is 1. The van der Waals surface area contributed by atoms with E-state index in [1.165, 1.54) is 5.56 Å². The average molecular weight is 389 g/mol. The summed E-state index contributed by atoms with van der Waals surface area (Å²) in [6.45, 7) is 5.27. The van der Waals surface area contributed by atoms with Crippen LogP contribution in [0.2, 0.25) is 0 Å². The lowest BCUT2D eigenvalue weighted by Crippen LogP contribution is -2.30. The monoisotopic (exact) mass is 389 g/mol. The highest BCUT2D eigenvalue weighted by Crippen LogP contribution is 2.36. The SMILES string of the molecule is CCc1ccc(CNC(=O)c2c(N3CCCC3=O)c3cc(C)ccc3n2C)cc1. The molecule has 0 spiro atoms. The summed E-state index contributed by atoms with van der Waals surface area (Å²) in [6, 6.07) is 14.4. The topological polar surface area (TPSA) is 54.3 Å². The summed E-state index contributed by atoms with van der Waals surface area (Å²) in [4.78, 5) is 27.5. The highest BCUT2D eigenvalue weighted by atomic mass is 16.2. The Kier molecular flexibility index (Phi) is 5.14. The highest BCUT2D eigenvalue weighted by Gasteiger charge is 2.31. The second-order valence-electron chi connectivity index (χ2n) is 7.78. The van der Waals surface area contributed by atoms with Crippen molar-refractivity contribution in [2.45, 2.75) is 39.7 Å². The smallest absolute Gasteiger partial charge is 0.270 e. The molecule has 0 radical (unpaired) electrons. The molecule has 3 aromatic rings. The largest absolute Gasteiger partial charge is 0.347 e. The molecule has 4 rings (SSSR count). The van der Waals surface area contributed by atoms with Crippen LogP contribution in [-0.4, -0.2) is 22.9 Å². The first-order valence-electron chi connectivity index (χ1n) is 10.2. The van der Waals surface area contributed by atoms with Crippen LogP contribution in [0.3, 0.4) is 0 Å². The van der Waals surface area contributed by atoms with E-state index in [0.29, 0.717) is 25.2 Å². The molecule has 5 heteroatoms. The van der Waals surface area contributed by atoms with E-state index in [-0.39, 0.29) is 11.8 Å². The van der Waals surface area contributed by atoms with Crippen molar-refractivity contribution < 1.29 is 9.59 Å². The van der Waals surface area contributed by atoms with E-state index >= 15 is 0 Å². The summed E-state index contributed by atoms with van der Waals surface area (Å²) >= 11 is 0. The molecular weight excluding hydrogens is 362 g/mol. The number of rotatable bonds is 5. The molecule has 0 aliphatic carbocycles. The van der Waals surface area contributed by atoms with Crippen LogP contribution in [-0.2, 0) is 24.8 Å². The van der Waals surface area contributed by atoms with E-state index in [9.17, 15) is 9.59 Å². The molecule has 1 aromatic heterocycles. The van der Waals surface area contributed by atoms with Gasteiger partial charge in [-0.25, -0.2) is 0 Å². The van der Waals surface area contributed by atoms with Crippen molar-refractivity contribution in [1.29, 1.82) is 0 Å². The van der Waals surface area contributed by atoms with Gasteiger partial charge >= 0.3 is 0 Å². The minimum absolute atomic E-state index is 0.0863. The molecule has 0 saturated carbocycles. The third-order valence-electron chi connectivity index (χ3n) is 5.77. The minimum Gasteiger partial charge on any atom is -0.347 e. The number of aryl methyl sites for hydroxylation is 3. The van der Waals surface area contributed by atoms with Gasteiger partial charge in [0.2, 0.25) is 5.91 Å². The van der Waals surface area contributed by atoms with Crippen molar-refractivity contribution in [3.8, 4) is 0 Å². The summed E-state index contributed by atoms with van der Waals surface area (Å²) in [5.41, 5.74) is 5.70. The van der Waals surface area contributed by atoms with Gasteiger partial charge in [-0.3, -0.25) is 9.59 Å². The van der Waals surface area contributed by atoms with Gasteiger partial charge in [-0.05, 0) is 43.0 Å². The van der Waals surface area contributed by atoms with E-state index in [1.807, 2.05) is 30.7 Å². The Labute approximate surface area is 171 Å². The number of benzene rings is 2. The van der Waals surface area contributed by atoms with E-state index < -0.39 is 0 Å². The second-order valence-corrected chi connectivity index (χ2v) is 7.78. The van der Waals surface area contributed by atoms with Gasteiger partial charge in [0.25, 0.3) is 5.91 Å². The number of carbonyl (C=O) groups is 2. The lowest BCUT2D eigenvalue weighted by atomic mass is 10.1. The van der Waals surface area contributed by atoms with Gasteiger partial charge < -0.3 is 14.8 Å². The van der Waals surface area contributed by atoms with E-state index in [0.717, 1.165) is 40.6 Å². The molecular formula is C24H27N3O2. The number of nitrogens with zero attached hydrogens (tertiary/aromatic N) is 2. The number of hydrogen-bond donors (Lipinski definition) is 1. The fourth-order valence-electron chi connectivity index (χ4n) is 4.12. The molecule has 0 bridgehead atoms. The molecule has 1 N–H and O–H groups in total. The van der Waals surface area contributed by atoms with Crippen LogP contribution in [0, 0.1) is 6.92 Å². The van der Waals surface area contributed by atoms with Crippen molar-refractivity contribution in [3.63, 3.8) is 0 Å². The van der Waals surface area contributed by atoms with E-state index in [4.69, 9.17) is 0 Å². The summed E-state index contributed by atoms with van der Waals surface area (Å²) in [5, 5.41) is 4.01. The van der Waals surface area contributed by atoms with Crippen molar-refractivity contribution >= 4 is 28.4 Å². The molecule has 29 heavy (non-hydrogen) atoms. The van der Waals surface area contributed by atoms with Crippen LogP contribution in [0.1, 0.15) is 46.9 Å². The Morgan fingerprint density at radius 3 is 2.48 bits per heavy atom. The molecule has 2 amide bonds. The van der Waals surface area contributed by atoms with Crippen molar-refractivity contribution in [3.05, 3.63) is 64.8 Å². The summed E-state index contributed by atoms with van der Waals surface area (Å²) in [7, 11) is 1.90. The van der Waals surface area contributed by atoms with Crippen LogP contribution in [0.15, 0.2) is 42.5 Å². The Hall–Kier alpha value is -3.08. The fourth-order valence-corrected chi connectivity index (χ4v) is 4.12. The molecule has 2 heterocycles. The predicted molar refractivity (Wildman–Crippen MR) is 116 cm³/mol. The van der Waals surface area contributed by atoms with Crippen molar-refractivity contribution in [1.82, 2.24) is 9.88 Å². The molecule has 0 unspecified atom stereocenters. The maximum Gasteiger partial charge on any atom is 0.270 e. The molecule has 1 saturated heterocycles. The van der Waals surface area contributed by atoms with Gasteiger partial charge in [0.1, 0.15) is 5.69 Å². The van der Waals surface area contributed by atoms with Crippen molar-refractivity contribution in [2.75, 3.05) is 11.4 Å². The number of fused-ring (bicyclic) bond motifs is 1. The summed E-state index contributed by atoms with van der Waals surface area (Å²) < 4.78 is 1.91. The van der Waals surface area contributed by atoms with Crippen LogP contribution >= 0.6 is 0 Å². The standard InChI is InChI=1S/C24H27N3O2/c1-4-17-8-10-18(11-9-17)15-25-24(29)23-22(27-13-5-6-21(27)28)19-14-16(2)7-12-20(19)26(23)3/h7-12,14H,4-6,13,15H2,1-3H3,(H,25,29). The average Bonchev–Trinajstić information content (AvgIpc) is 3.26. The number of aromatic nitrogens is 1. The number of anilines is 1. The molecule has 1 aliphatic rings. The molecule has 1 fully saturated rings. The number of carbonyl (C=O) groups excluding carboxylic acids is 2. The fraction of sp³-hybridized carbons (Fsp3) is 0.333. The first-order chi connectivity index (χ1) is 14.0. The molecule has 2 aromatic carbocycles. The quantitative estimate of drug-likeness (QED) is 0.714. The third-order valence-corrected chi connectivity index (χ3v) is 5.77. The number of amides is 2.